The number of carbonyl (C=O) groups excluding carboxylic acids is 1. The fraction of sp³-hybridized carbons (Fsp3) is 0.400. The van der Waals surface area contributed by atoms with Crippen LogP contribution >= 0.6 is 0 Å². The summed E-state index contributed by atoms with van der Waals surface area (Å²) in [5.74, 6) is 0.499. The van der Waals surface area contributed by atoms with Gasteiger partial charge in [-0.2, -0.15) is 5.10 Å². The Labute approximate surface area is 127 Å². The Kier molecular flexibility index (Phi) is 3.70. The van der Waals surface area contributed by atoms with E-state index in [2.05, 4.69) is 34.6 Å². The molecule has 2 amide bonds. The van der Waals surface area contributed by atoms with Crippen molar-refractivity contribution in [1.29, 1.82) is 0 Å². The maximum Gasteiger partial charge on any atom is 0.343 e. The number of hydrogen-bond acceptors (Lipinski definition) is 3. The summed E-state index contributed by atoms with van der Waals surface area (Å²) in [7, 11) is 1.62. The maximum absolute atomic E-state index is 12.3. The fourth-order valence-electron chi connectivity index (χ4n) is 2.67. The van der Waals surface area contributed by atoms with E-state index in [-0.39, 0.29) is 18.3 Å². The van der Waals surface area contributed by atoms with Crippen molar-refractivity contribution in [1.82, 2.24) is 20.1 Å². The molecule has 0 aliphatic carbocycles. The zero-order valence-corrected chi connectivity index (χ0v) is 12.7. The van der Waals surface area contributed by atoms with Crippen molar-refractivity contribution in [2.75, 3.05) is 11.4 Å². The van der Waals surface area contributed by atoms with E-state index < -0.39 is 0 Å². The van der Waals surface area contributed by atoms with Crippen LogP contribution < -0.4 is 15.9 Å². The number of amides is 2. The summed E-state index contributed by atoms with van der Waals surface area (Å²) in [6.07, 6.45) is 1.87. The van der Waals surface area contributed by atoms with E-state index in [9.17, 15) is 9.59 Å². The van der Waals surface area contributed by atoms with E-state index >= 15 is 0 Å². The standard InChI is InChI=1S/C15H19N5O2/c1-3-10-4-5-12-11(8-10)6-7-20(12)14(21)16-9-13-17-18-15(22)19(13)2/h4-5,8H,3,6-7,9H2,1-2H3,(H,16,21)(H,18,22). The van der Waals surface area contributed by atoms with Crippen LogP contribution in [-0.2, 0) is 26.4 Å². The maximum atomic E-state index is 12.3. The number of benzene rings is 1. The van der Waals surface area contributed by atoms with Crippen LogP contribution in [0.3, 0.4) is 0 Å². The van der Waals surface area contributed by atoms with Gasteiger partial charge in [0.05, 0.1) is 6.54 Å². The van der Waals surface area contributed by atoms with Gasteiger partial charge >= 0.3 is 11.7 Å². The van der Waals surface area contributed by atoms with E-state index in [0.29, 0.717) is 12.4 Å². The quantitative estimate of drug-likeness (QED) is 0.885. The fourth-order valence-corrected chi connectivity index (χ4v) is 2.67. The molecular formula is C15H19N5O2. The molecule has 7 nitrogen and oxygen atoms in total. The van der Waals surface area contributed by atoms with Crippen molar-refractivity contribution in [3.63, 3.8) is 0 Å². The van der Waals surface area contributed by atoms with Gasteiger partial charge in [0.2, 0.25) is 0 Å². The molecule has 2 heterocycles. The highest BCUT2D eigenvalue weighted by molar-refractivity contribution is 5.94. The van der Waals surface area contributed by atoms with Gasteiger partial charge in [-0.25, -0.2) is 14.7 Å². The van der Waals surface area contributed by atoms with Gasteiger partial charge in [0.15, 0.2) is 5.82 Å². The number of fused-ring (bicyclic) bond motifs is 1. The molecule has 0 spiro atoms. The molecule has 1 aromatic carbocycles. The number of urea groups is 1. The van der Waals surface area contributed by atoms with Crippen LogP contribution in [0, 0.1) is 0 Å². The molecule has 0 saturated carbocycles. The van der Waals surface area contributed by atoms with Gasteiger partial charge in [-0.1, -0.05) is 19.1 Å². The van der Waals surface area contributed by atoms with E-state index in [0.717, 1.165) is 18.5 Å². The summed E-state index contributed by atoms with van der Waals surface area (Å²) in [4.78, 5) is 25.4. The molecule has 2 N–H and O–H groups in total. The molecule has 3 rings (SSSR count). The molecule has 0 radical (unpaired) electrons. The Bertz CT molecular complexity index is 762. The molecule has 0 bridgehead atoms. The van der Waals surface area contributed by atoms with Crippen molar-refractivity contribution in [2.24, 2.45) is 7.05 Å². The highest BCUT2D eigenvalue weighted by Gasteiger charge is 2.24. The summed E-state index contributed by atoms with van der Waals surface area (Å²) in [6.45, 7) is 3.01. The van der Waals surface area contributed by atoms with Crippen molar-refractivity contribution < 1.29 is 4.79 Å². The second-order valence-corrected chi connectivity index (χ2v) is 5.38. The van der Waals surface area contributed by atoms with Gasteiger partial charge < -0.3 is 5.32 Å². The number of aromatic nitrogens is 3. The van der Waals surface area contributed by atoms with Gasteiger partial charge in [-0.3, -0.25) is 9.47 Å². The minimum atomic E-state index is -0.289. The topological polar surface area (TPSA) is 83.0 Å². The molecule has 0 unspecified atom stereocenters. The van der Waals surface area contributed by atoms with Crippen molar-refractivity contribution in [3.05, 3.63) is 45.6 Å². The van der Waals surface area contributed by atoms with Crippen molar-refractivity contribution >= 4 is 11.7 Å². The molecule has 2 aromatic rings. The second-order valence-electron chi connectivity index (χ2n) is 5.38. The molecule has 1 aromatic heterocycles. The Morgan fingerprint density at radius 2 is 2.27 bits per heavy atom. The highest BCUT2D eigenvalue weighted by atomic mass is 16.2. The van der Waals surface area contributed by atoms with Gasteiger partial charge in [0.25, 0.3) is 0 Å². The lowest BCUT2D eigenvalue weighted by molar-refractivity contribution is 0.246. The SMILES string of the molecule is CCc1ccc2c(c1)CCN2C(=O)NCc1n[nH]c(=O)n1C. The lowest BCUT2D eigenvalue weighted by atomic mass is 10.1. The lowest BCUT2D eigenvalue weighted by Gasteiger charge is -2.18. The number of carbonyl (C=O) groups is 1. The molecule has 0 atom stereocenters. The predicted molar refractivity (Wildman–Crippen MR) is 82.9 cm³/mol. The van der Waals surface area contributed by atoms with Crippen LogP contribution in [0.2, 0.25) is 0 Å². The number of aromatic amines is 1. The van der Waals surface area contributed by atoms with Crippen LogP contribution in [0.1, 0.15) is 23.9 Å². The molecule has 0 fully saturated rings. The normalized spacial score (nSPS) is 13.3. The van der Waals surface area contributed by atoms with Gasteiger partial charge in [-0.15, -0.1) is 0 Å². The van der Waals surface area contributed by atoms with Crippen LogP contribution in [0.4, 0.5) is 10.5 Å². The first-order valence-corrected chi connectivity index (χ1v) is 7.37. The first kappa shape index (κ1) is 14.4. The van der Waals surface area contributed by atoms with Crippen LogP contribution in [0.5, 0.6) is 0 Å². The van der Waals surface area contributed by atoms with Crippen LogP contribution in [-0.4, -0.2) is 27.3 Å². The van der Waals surface area contributed by atoms with Crippen LogP contribution in [0.15, 0.2) is 23.0 Å². The van der Waals surface area contributed by atoms with E-state index in [1.54, 1.807) is 11.9 Å². The summed E-state index contributed by atoms with van der Waals surface area (Å²) in [6, 6.07) is 6.06. The van der Waals surface area contributed by atoms with Gasteiger partial charge in [-0.05, 0) is 30.0 Å². The summed E-state index contributed by atoms with van der Waals surface area (Å²) in [5.41, 5.74) is 3.17. The smallest absolute Gasteiger partial charge is 0.330 e. The molecular weight excluding hydrogens is 282 g/mol. The third-order valence-corrected chi connectivity index (χ3v) is 4.06. The number of nitrogens with one attached hydrogen (secondary N) is 2. The minimum Gasteiger partial charge on any atom is -0.330 e. The predicted octanol–water partition coefficient (Wildman–Crippen LogP) is 0.943. The summed E-state index contributed by atoms with van der Waals surface area (Å²) < 4.78 is 1.38. The Morgan fingerprint density at radius 1 is 1.45 bits per heavy atom. The zero-order chi connectivity index (χ0) is 15.7. The van der Waals surface area contributed by atoms with Gasteiger partial charge in [0, 0.05) is 19.3 Å². The molecule has 1 aliphatic rings. The summed E-state index contributed by atoms with van der Waals surface area (Å²) >= 11 is 0. The van der Waals surface area contributed by atoms with Crippen molar-refractivity contribution in [3.8, 4) is 0 Å². The third kappa shape index (κ3) is 2.49. The van der Waals surface area contributed by atoms with E-state index in [4.69, 9.17) is 0 Å². The molecule has 22 heavy (non-hydrogen) atoms. The average molecular weight is 301 g/mol. The largest absolute Gasteiger partial charge is 0.343 e. The second kappa shape index (κ2) is 5.67. The minimum absolute atomic E-state index is 0.168. The third-order valence-electron chi connectivity index (χ3n) is 4.06. The molecule has 1 aliphatic heterocycles. The highest BCUT2D eigenvalue weighted by Crippen LogP contribution is 2.29. The first-order chi connectivity index (χ1) is 10.6. The van der Waals surface area contributed by atoms with E-state index in [1.807, 2.05) is 6.07 Å². The number of anilines is 1. The number of rotatable bonds is 3. The number of nitrogens with zero attached hydrogens (tertiary/aromatic N) is 3. The Balaban J connectivity index is 1.70. The van der Waals surface area contributed by atoms with Crippen LogP contribution in [0.25, 0.3) is 0 Å². The molecule has 7 heteroatoms. The molecule has 0 saturated heterocycles. The monoisotopic (exact) mass is 301 g/mol. The molecule has 116 valence electrons. The zero-order valence-electron chi connectivity index (χ0n) is 12.7. The lowest BCUT2D eigenvalue weighted by Crippen LogP contribution is -2.39. The van der Waals surface area contributed by atoms with E-state index in [1.165, 1.54) is 15.7 Å². The summed E-state index contributed by atoms with van der Waals surface area (Å²) in [5, 5.41) is 9.03. The number of hydrogen-bond donors (Lipinski definition) is 2. The number of H-pyrrole nitrogens is 1. The van der Waals surface area contributed by atoms with Crippen molar-refractivity contribution in [2.45, 2.75) is 26.3 Å². The number of aryl methyl sites for hydroxylation is 1. The Morgan fingerprint density at radius 3 is 2.95 bits per heavy atom. The average Bonchev–Trinajstić information content (AvgIpc) is 3.09. The Hall–Kier alpha value is -2.57. The first-order valence-electron chi connectivity index (χ1n) is 7.37. The van der Waals surface area contributed by atoms with Gasteiger partial charge in [0.1, 0.15) is 0 Å².